The Hall–Kier alpha value is -2.14. The molecule has 0 amide bonds. The highest BCUT2D eigenvalue weighted by atomic mass is 19.1. The number of methoxy groups -OCH3 is 2. The van der Waals surface area contributed by atoms with Gasteiger partial charge in [0, 0.05) is 6.20 Å². The number of hydrogen-bond acceptors (Lipinski definition) is 4. The smallest absolute Gasteiger partial charge is 0.146 e. The van der Waals surface area contributed by atoms with Gasteiger partial charge >= 0.3 is 0 Å². The largest absolute Gasteiger partial charge is 0.496 e. The first kappa shape index (κ1) is 15.3. The Morgan fingerprint density at radius 1 is 1.14 bits per heavy atom. The van der Waals surface area contributed by atoms with Crippen LogP contribution < -0.4 is 14.8 Å². The first-order chi connectivity index (χ1) is 10.2. The molecule has 112 valence electrons. The predicted octanol–water partition coefficient (Wildman–Crippen LogP) is 2.94. The molecule has 2 rings (SSSR count). The van der Waals surface area contributed by atoms with E-state index in [1.54, 1.807) is 26.5 Å². The lowest BCUT2D eigenvalue weighted by atomic mass is 10.00. The van der Waals surface area contributed by atoms with E-state index in [0.29, 0.717) is 23.7 Å². The third-order valence-electron chi connectivity index (χ3n) is 3.22. The SMILES string of the molecule is CCNC(c1ncccc1F)c1c(OC)cccc1OC. The first-order valence-electron chi connectivity index (χ1n) is 6.77. The van der Waals surface area contributed by atoms with Crippen molar-refractivity contribution in [3.05, 3.63) is 53.6 Å². The number of hydrogen-bond donors (Lipinski definition) is 1. The molecule has 4 nitrogen and oxygen atoms in total. The minimum atomic E-state index is -0.442. The molecule has 0 saturated carbocycles. The molecule has 1 atom stereocenters. The van der Waals surface area contributed by atoms with E-state index < -0.39 is 6.04 Å². The van der Waals surface area contributed by atoms with Crippen LogP contribution in [0.3, 0.4) is 0 Å². The molecule has 0 aliphatic heterocycles. The van der Waals surface area contributed by atoms with Crippen molar-refractivity contribution in [2.75, 3.05) is 20.8 Å². The van der Waals surface area contributed by atoms with E-state index in [2.05, 4.69) is 10.3 Å². The maximum atomic E-state index is 14.1. The molecule has 0 saturated heterocycles. The third-order valence-corrected chi connectivity index (χ3v) is 3.22. The molecule has 1 aromatic heterocycles. The lowest BCUT2D eigenvalue weighted by molar-refractivity contribution is 0.375. The molecule has 1 N–H and O–H groups in total. The van der Waals surface area contributed by atoms with E-state index in [-0.39, 0.29) is 5.82 Å². The number of halogens is 1. The average Bonchev–Trinajstić information content (AvgIpc) is 2.52. The van der Waals surface area contributed by atoms with Gasteiger partial charge in [-0.25, -0.2) is 4.39 Å². The molecular weight excluding hydrogens is 271 g/mol. The highest BCUT2D eigenvalue weighted by molar-refractivity contribution is 5.49. The zero-order valence-electron chi connectivity index (χ0n) is 12.4. The Labute approximate surface area is 123 Å². The molecule has 1 unspecified atom stereocenters. The van der Waals surface area contributed by atoms with Gasteiger partial charge in [0.1, 0.15) is 17.3 Å². The molecule has 1 aromatic carbocycles. The summed E-state index contributed by atoms with van der Waals surface area (Å²) in [5.74, 6) is 0.895. The summed E-state index contributed by atoms with van der Waals surface area (Å²) < 4.78 is 24.9. The van der Waals surface area contributed by atoms with Crippen LogP contribution in [0.4, 0.5) is 4.39 Å². The van der Waals surface area contributed by atoms with Crippen molar-refractivity contribution in [1.82, 2.24) is 10.3 Å². The van der Waals surface area contributed by atoms with Crippen molar-refractivity contribution < 1.29 is 13.9 Å². The second-order valence-corrected chi connectivity index (χ2v) is 4.44. The van der Waals surface area contributed by atoms with E-state index in [0.717, 1.165) is 5.56 Å². The fourth-order valence-electron chi connectivity index (χ4n) is 2.31. The fourth-order valence-corrected chi connectivity index (χ4v) is 2.31. The van der Waals surface area contributed by atoms with Crippen molar-refractivity contribution in [1.29, 1.82) is 0 Å². The van der Waals surface area contributed by atoms with E-state index in [1.807, 2.05) is 25.1 Å². The van der Waals surface area contributed by atoms with Crippen molar-refractivity contribution in [3.8, 4) is 11.5 Å². The molecule has 0 radical (unpaired) electrons. The minimum absolute atomic E-state index is 0.321. The van der Waals surface area contributed by atoms with Gasteiger partial charge in [0.25, 0.3) is 0 Å². The third kappa shape index (κ3) is 3.13. The lowest BCUT2D eigenvalue weighted by Crippen LogP contribution is -2.25. The van der Waals surface area contributed by atoms with E-state index in [4.69, 9.17) is 9.47 Å². The molecule has 0 bridgehead atoms. The molecule has 0 aliphatic carbocycles. The highest BCUT2D eigenvalue weighted by Crippen LogP contribution is 2.37. The second-order valence-electron chi connectivity index (χ2n) is 4.44. The summed E-state index contributed by atoms with van der Waals surface area (Å²) >= 11 is 0. The first-order valence-corrected chi connectivity index (χ1v) is 6.77. The van der Waals surface area contributed by atoms with Gasteiger partial charge in [-0.15, -0.1) is 0 Å². The second kappa shape index (κ2) is 7.04. The number of benzene rings is 1. The summed E-state index contributed by atoms with van der Waals surface area (Å²) in [6.07, 6.45) is 1.57. The van der Waals surface area contributed by atoms with Crippen LogP contribution in [0.15, 0.2) is 36.5 Å². The summed E-state index contributed by atoms with van der Waals surface area (Å²) in [7, 11) is 3.16. The number of pyridine rings is 1. The molecule has 21 heavy (non-hydrogen) atoms. The van der Waals surface area contributed by atoms with Crippen LogP contribution in [0.5, 0.6) is 11.5 Å². The average molecular weight is 290 g/mol. The molecule has 5 heteroatoms. The summed E-state index contributed by atoms with van der Waals surface area (Å²) in [6.45, 7) is 2.61. The summed E-state index contributed by atoms with van der Waals surface area (Å²) in [5, 5.41) is 3.24. The molecule has 0 fully saturated rings. The fraction of sp³-hybridized carbons (Fsp3) is 0.312. The van der Waals surface area contributed by atoms with E-state index in [1.165, 1.54) is 6.07 Å². The quantitative estimate of drug-likeness (QED) is 0.888. The minimum Gasteiger partial charge on any atom is -0.496 e. The topological polar surface area (TPSA) is 43.4 Å². The lowest BCUT2D eigenvalue weighted by Gasteiger charge is -2.22. The van der Waals surface area contributed by atoms with Crippen LogP contribution in [-0.4, -0.2) is 25.7 Å². The maximum Gasteiger partial charge on any atom is 0.146 e. The zero-order chi connectivity index (χ0) is 15.2. The maximum absolute atomic E-state index is 14.1. The van der Waals surface area contributed by atoms with Crippen molar-refractivity contribution in [2.45, 2.75) is 13.0 Å². The summed E-state index contributed by atoms with van der Waals surface area (Å²) in [4.78, 5) is 4.18. The molecule has 0 aliphatic rings. The van der Waals surface area contributed by atoms with Crippen molar-refractivity contribution in [2.24, 2.45) is 0 Å². The van der Waals surface area contributed by atoms with Crippen LogP contribution in [0.2, 0.25) is 0 Å². The number of rotatable bonds is 6. The predicted molar refractivity (Wildman–Crippen MR) is 79.3 cm³/mol. The Kier molecular flexibility index (Phi) is 5.11. The highest BCUT2D eigenvalue weighted by Gasteiger charge is 2.25. The van der Waals surface area contributed by atoms with Gasteiger partial charge < -0.3 is 14.8 Å². The van der Waals surface area contributed by atoms with Crippen LogP contribution in [-0.2, 0) is 0 Å². The summed E-state index contributed by atoms with van der Waals surface area (Å²) in [5.41, 5.74) is 1.06. The normalized spacial score (nSPS) is 12.0. The number of nitrogens with zero attached hydrogens (tertiary/aromatic N) is 1. The van der Waals surface area contributed by atoms with Gasteiger partial charge in [-0.2, -0.15) is 0 Å². The number of ether oxygens (including phenoxy) is 2. The number of nitrogens with one attached hydrogen (secondary N) is 1. The molecular formula is C16H19FN2O2. The van der Waals surface area contributed by atoms with Crippen LogP contribution in [0.1, 0.15) is 24.2 Å². The van der Waals surface area contributed by atoms with Gasteiger partial charge in [0.05, 0.1) is 31.5 Å². The zero-order valence-corrected chi connectivity index (χ0v) is 12.4. The van der Waals surface area contributed by atoms with E-state index >= 15 is 0 Å². The van der Waals surface area contributed by atoms with Crippen LogP contribution in [0, 0.1) is 5.82 Å². The Balaban J connectivity index is 2.61. The van der Waals surface area contributed by atoms with Crippen LogP contribution in [0.25, 0.3) is 0 Å². The van der Waals surface area contributed by atoms with E-state index in [9.17, 15) is 4.39 Å². The van der Waals surface area contributed by atoms with Gasteiger partial charge in [0.2, 0.25) is 0 Å². The van der Waals surface area contributed by atoms with Gasteiger partial charge in [0.15, 0.2) is 0 Å². The standard InChI is InChI=1S/C16H19FN2O2/c1-4-18-16(15-11(17)7-6-10-19-15)14-12(20-2)8-5-9-13(14)21-3/h5-10,16,18H,4H2,1-3H3. The van der Waals surface area contributed by atoms with Crippen LogP contribution >= 0.6 is 0 Å². The summed E-state index contributed by atoms with van der Waals surface area (Å²) in [6, 6.07) is 8.00. The molecule has 1 heterocycles. The Bertz CT molecular complexity index is 582. The molecule has 2 aromatic rings. The van der Waals surface area contributed by atoms with Crippen molar-refractivity contribution >= 4 is 0 Å². The Morgan fingerprint density at radius 2 is 1.81 bits per heavy atom. The van der Waals surface area contributed by atoms with Gasteiger partial charge in [-0.1, -0.05) is 13.0 Å². The molecule has 0 spiro atoms. The van der Waals surface area contributed by atoms with Gasteiger partial charge in [-0.05, 0) is 30.8 Å². The Morgan fingerprint density at radius 3 is 2.33 bits per heavy atom. The number of aromatic nitrogens is 1. The van der Waals surface area contributed by atoms with Crippen molar-refractivity contribution in [3.63, 3.8) is 0 Å². The van der Waals surface area contributed by atoms with Gasteiger partial charge in [-0.3, -0.25) is 4.98 Å². The monoisotopic (exact) mass is 290 g/mol.